The van der Waals surface area contributed by atoms with Crippen LogP contribution >= 0.6 is 11.5 Å². The van der Waals surface area contributed by atoms with E-state index in [1.807, 2.05) is 24.3 Å². The van der Waals surface area contributed by atoms with Gasteiger partial charge in [0, 0.05) is 12.3 Å². The molecule has 0 aliphatic heterocycles. The molecule has 0 radical (unpaired) electrons. The summed E-state index contributed by atoms with van der Waals surface area (Å²) in [5, 5.41) is 0.787. The largest absolute Gasteiger partial charge is 0.290 e. The van der Waals surface area contributed by atoms with E-state index in [1.54, 1.807) is 0 Å². The van der Waals surface area contributed by atoms with E-state index in [2.05, 4.69) is 15.2 Å². The van der Waals surface area contributed by atoms with Gasteiger partial charge in [-0.05, 0) is 17.6 Å². The summed E-state index contributed by atoms with van der Waals surface area (Å²) in [6.07, 6.45) is 0. The van der Waals surface area contributed by atoms with Crippen molar-refractivity contribution in [2.24, 2.45) is 0 Å². The van der Waals surface area contributed by atoms with E-state index >= 15 is 0 Å². The third-order valence-corrected chi connectivity index (χ3v) is 2.77. The van der Waals surface area contributed by atoms with Crippen LogP contribution in [0, 0.1) is 0 Å². The quantitative estimate of drug-likeness (QED) is 0.726. The van der Waals surface area contributed by atoms with Crippen molar-refractivity contribution in [3.63, 3.8) is 0 Å². The standard InChI is InChI=1S/C10H9N3O2S/c1-6(14)11-12-10(15)9-7-4-2-3-5-8(7)16-13-9/h2-5H,1H3,(H,11,14)(H,12,15). The van der Waals surface area contributed by atoms with Crippen molar-refractivity contribution in [3.8, 4) is 0 Å². The number of hydrogen-bond donors (Lipinski definition) is 2. The first-order valence-electron chi connectivity index (χ1n) is 4.60. The van der Waals surface area contributed by atoms with Crippen LogP contribution < -0.4 is 10.9 Å². The Balaban J connectivity index is 2.26. The Hall–Kier alpha value is -1.95. The van der Waals surface area contributed by atoms with E-state index in [0.29, 0.717) is 5.69 Å². The van der Waals surface area contributed by atoms with Crippen molar-refractivity contribution >= 4 is 33.4 Å². The third kappa shape index (κ3) is 2.01. The Bertz CT molecular complexity index is 550. The lowest BCUT2D eigenvalue weighted by Crippen LogP contribution is -2.40. The first kappa shape index (κ1) is 10.6. The van der Waals surface area contributed by atoms with Gasteiger partial charge < -0.3 is 0 Å². The molecule has 0 saturated carbocycles. The molecule has 2 aromatic rings. The average Bonchev–Trinajstić information content (AvgIpc) is 2.69. The maximum absolute atomic E-state index is 11.6. The molecule has 0 aliphatic rings. The van der Waals surface area contributed by atoms with Gasteiger partial charge in [0.15, 0.2) is 5.69 Å². The number of amides is 2. The second-order valence-corrected chi connectivity index (χ2v) is 3.97. The Labute approximate surface area is 95.6 Å². The zero-order valence-electron chi connectivity index (χ0n) is 8.48. The van der Waals surface area contributed by atoms with Gasteiger partial charge in [-0.15, -0.1) is 0 Å². The number of rotatable bonds is 1. The highest BCUT2D eigenvalue weighted by molar-refractivity contribution is 7.13. The molecule has 0 spiro atoms. The summed E-state index contributed by atoms with van der Waals surface area (Å²) in [7, 11) is 0. The monoisotopic (exact) mass is 235 g/mol. The molecule has 0 bridgehead atoms. The molecule has 0 unspecified atom stereocenters. The molecule has 0 atom stereocenters. The predicted octanol–water partition coefficient (Wildman–Crippen LogP) is 1.08. The van der Waals surface area contributed by atoms with Crippen molar-refractivity contribution in [2.75, 3.05) is 0 Å². The summed E-state index contributed by atoms with van der Waals surface area (Å²) in [5.41, 5.74) is 4.83. The number of aromatic nitrogens is 1. The lowest BCUT2D eigenvalue weighted by atomic mass is 10.2. The van der Waals surface area contributed by atoms with Crippen molar-refractivity contribution in [3.05, 3.63) is 30.0 Å². The van der Waals surface area contributed by atoms with Gasteiger partial charge in [-0.25, -0.2) is 0 Å². The summed E-state index contributed by atoms with van der Waals surface area (Å²) in [4.78, 5) is 22.3. The SMILES string of the molecule is CC(=O)NNC(=O)c1nsc2ccccc12. The van der Waals surface area contributed by atoms with Gasteiger partial charge in [-0.2, -0.15) is 4.37 Å². The molecule has 5 nitrogen and oxygen atoms in total. The van der Waals surface area contributed by atoms with Gasteiger partial charge in [-0.1, -0.05) is 18.2 Å². The number of hydrazine groups is 1. The minimum absolute atomic E-state index is 0.326. The number of carbonyl (C=O) groups is 2. The van der Waals surface area contributed by atoms with Gasteiger partial charge in [0.05, 0.1) is 4.70 Å². The Morgan fingerprint density at radius 3 is 2.75 bits per heavy atom. The predicted molar refractivity (Wildman–Crippen MR) is 60.9 cm³/mol. The highest BCUT2D eigenvalue weighted by Gasteiger charge is 2.13. The van der Waals surface area contributed by atoms with E-state index in [1.165, 1.54) is 18.5 Å². The van der Waals surface area contributed by atoms with E-state index in [0.717, 1.165) is 10.1 Å². The van der Waals surface area contributed by atoms with Gasteiger partial charge in [0.25, 0.3) is 5.91 Å². The molecule has 1 aromatic carbocycles. The fourth-order valence-corrected chi connectivity index (χ4v) is 2.03. The van der Waals surface area contributed by atoms with Gasteiger partial charge in [0.2, 0.25) is 5.91 Å². The van der Waals surface area contributed by atoms with Gasteiger partial charge >= 0.3 is 0 Å². The molecule has 2 N–H and O–H groups in total. The molecule has 6 heteroatoms. The molecule has 1 aromatic heterocycles. The molecular formula is C10H9N3O2S. The third-order valence-electron chi connectivity index (χ3n) is 1.94. The van der Waals surface area contributed by atoms with E-state index < -0.39 is 5.91 Å². The van der Waals surface area contributed by atoms with Crippen molar-refractivity contribution in [1.82, 2.24) is 15.2 Å². The molecule has 0 fully saturated rings. The van der Waals surface area contributed by atoms with Crippen LogP contribution in [0.3, 0.4) is 0 Å². The maximum atomic E-state index is 11.6. The average molecular weight is 235 g/mol. The fourth-order valence-electron chi connectivity index (χ4n) is 1.25. The molecule has 0 aliphatic carbocycles. The van der Waals surface area contributed by atoms with Crippen LogP contribution in [-0.4, -0.2) is 16.2 Å². The van der Waals surface area contributed by atoms with Crippen molar-refractivity contribution < 1.29 is 9.59 Å². The smallest absolute Gasteiger partial charge is 0.274 e. The van der Waals surface area contributed by atoms with Gasteiger partial charge in [0.1, 0.15) is 0 Å². The summed E-state index contributed by atoms with van der Waals surface area (Å²) < 4.78 is 4.99. The fraction of sp³-hybridized carbons (Fsp3) is 0.100. The number of carbonyl (C=O) groups excluding carboxylic acids is 2. The van der Waals surface area contributed by atoms with Crippen LogP contribution in [0.1, 0.15) is 17.4 Å². The van der Waals surface area contributed by atoms with Crippen LogP contribution in [0.15, 0.2) is 24.3 Å². The number of hydrogen-bond acceptors (Lipinski definition) is 4. The Morgan fingerprint density at radius 1 is 1.25 bits per heavy atom. The molecule has 2 rings (SSSR count). The molecular weight excluding hydrogens is 226 g/mol. The van der Waals surface area contributed by atoms with Crippen LogP contribution in [0.4, 0.5) is 0 Å². The zero-order valence-corrected chi connectivity index (χ0v) is 9.30. The van der Waals surface area contributed by atoms with E-state index in [-0.39, 0.29) is 5.91 Å². The minimum Gasteiger partial charge on any atom is -0.274 e. The van der Waals surface area contributed by atoms with Crippen LogP contribution in [0.2, 0.25) is 0 Å². The summed E-state index contributed by atoms with van der Waals surface area (Å²) in [6.45, 7) is 1.32. The number of nitrogens with one attached hydrogen (secondary N) is 2. The highest BCUT2D eigenvalue weighted by atomic mass is 32.1. The highest BCUT2D eigenvalue weighted by Crippen LogP contribution is 2.21. The second kappa shape index (κ2) is 4.28. The summed E-state index contributed by atoms with van der Waals surface area (Å²) >= 11 is 1.25. The minimum atomic E-state index is -0.410. The van der Waals surface area contributed by atoms with E-state index in [4.69, 9.17) is 0 Å². The molecule has 82 valence electrons. The second-order valence-electron chi connectivity index (χ2n) is 3.16. The lowest BCUT2D eigenvalue weighted by molar-refractivity contribution is -0.119. The van der Waals surface area contributed by atoms with Crippen LogP contribution in [0.5, 0.6) is 0 Å². The van der Waals surface area contributed by atoms with Crippen molar-refractivity contribution in [2.45, 2.75) is 6.92 Å². The topological polar surface area (TPSA) is 71.1 Å². The molecule has 16 heavy (non-hydrogen) atoms. The number of fused-ring (bicyclic) bond motifs is 1. The maximum Gasteiger partial charge on any atom is 0.290 e. The summed E-state index contributed by atoms with van der Waals surface area (Å²) in [5.74, 6) is -0.736. The normalized spacial score (nSPS) is 10.1. The summed E-state index contributed by atoms with van der Waals surface area (Å²) in [6, 6.07) is 7.44. The first-order chi connectivity index (χ1) is 7.68. The Morgan fingerprint density at radius 2 is 2.00 bits per heavy atom. The van der Waals surface area contributed by atoms with Crippen LogP contribution in [-0.2, 0) is 4.79 Å². The number of benzene rings is 1. The van der Waals surface area contributed by atoms with E-state index in [9.17, 15) is 9.59 Å². The zero-order chi connectivity index (χ0) is 11.5. The molecule has 1 heterocycles. The van der Waals surface area contributed by atoms with Crippen molar-refractivity contribution in [1.29, 1.82) is 0 Å². The Kier molecular flexibility index (Phi) is 2.82. The van der Waals surface area contributed by atoms with Gasteiger partial charge in [-0.3, -0.25) is 20.4 Å². The number of nitrogens with zero attached hydrogens (tertiary/aromatic N) is 1. The first-order valence-corrected chi connectivity index (χ1v) is 5.37. The van der Waals surface area contributed by atoms with Crippen LogP contribution in [0.25, 0.3) is 10.1 Å². The molecule has 2 amide bonds. The lowest BCUT2D eigenvalue weighted by Gasteiger charge is -2.02. The molecule has 0 saturated heterocycles.